The first-order valence-corrected chi connectivity index (χ1v) is 32.4. The predicted molar refractivity (Wildman–Crippen MR) is 312 cm³/mol. The molecule has 11 N–H and O–H groups in total. The van der Waals surface area contributed by atoms with E-state index in [-0.39, 0.29) is 40.9 Å². The van der Waals surface area contributed by atoms with E-state index in [2.05, 4.69) is 21.3 Å². The number of carbonyl (C=O) groups excluding carboxylic acids is 4. The van der Waals surface area contributed by atoms with E-state index < -0.39 is 156 Å². The molecule has 3 atom stereocenters. The Bertz CT molecular complexity index is 4140. The number of nitrogens with one attached hydrogen (secondary N) is 4. The Hall–Kier alpha value is -7.98. The minimum atomic E-state index is -5.09. The van der Waals surface area contributed by atoms with Gasteiger partial charge in [-0.1, -0.05) is 38.1 Å². The number of hydrogen-bond acceptors (Lipinski definition) is 16. The van der Waals surface area contributed by atoms with Gasteiger partial charge in [-0.2, -0.15) is 38.2 Å². The van der Waals surface area contributed by atoms with Crippen LogP contribution in [0.4, 0.5) is 11.4 Å². The fraction of sp³-hybridized carbons (Fsp3) is 0.382. The van der Waals surface area contributed by atoms with Crippen LogP contribution in [0.25, 0.3) is 21.5 Å². The van der Waals surface area contributed by atoms with Crippen LogP contribution in [0, 0.1) is 0 Å². The van der Waals surface area contributed by atoms with E-state index >= 15 is 0 Å². The van der Waals surface area contributed by atoms with Crippen molar-refractivity contribution in [2.45, 2.75) is 135 Å². The highest BCUT2D eigenvalue weighted by atomic mass is 32.2. The van der Waals surface area contributed by atoms with Gasteiger partial charge in [0.25, 0.3) is 40.5 Å². The lowest BCUT2D eigenvalue weighted by molar-refractivity contribution is -0.438. The van der Waals surface area contributed by atoms with E-state index in [0.29, 0.717) is 65.4 Å². The first-order valence-electron chi connectivity index (χ1n) is 26.6. The Morgan fingerprint density at radius 2 is 1.17 bits per heavy atom. The third-order valence-corrected chi connectivity index (χ3v) is 18.2. The molecule has 2 aliphatic heterocycles. The Morgan fingerprint density at radius 3 is 1.70 bits per heavy atom. The second kappa shape index (κ2) is 26.2. The van der Waals surface area contributed by atoms with Gasteiger partial charge in [-0.05, 0) is 106 Å². The summed E-state index contributed by atoms with van der Waals surface area (Å²) in [5.41, 5.74) is 1.17. The molecular formula is C55H65N6O22S4+. The lowest BCUT2D eigenvalue weighted by Gasteiger charge is -2.26. The predicted octanol–water partition coefficient (Wildman–Crippen LogP) is 3.75. The molecule has 0 bridgehead atoms. The zero-order valence-electron chi connectivity index (χ0n) is 47.6. The second-order valence-corrected chi connectivity index (χ2v) is 27.2. The number of rotatable bonds is 27. The van der Waals surface area contributed by atoms with Gasteiger partial charge in [0.15, 0.2) is 5.71 Å². The Kier molecular flexibility index (Phi) is 20.5. The summed E-state index contributed by atoms with van der Waals surface area (Å²) in [4.78, 5) is 84.8. The third kappa shape index (κ3) is 15.6. The molecule has 470 valence electrons. The highest BCUT2D eigenvalue weighted by molar-refractivity contribution is 7.87. The number of carbonyl (C=O) groups is 7. The molecule has 0 saturated heterocycles. The van der Waals surface area contributed by atoms with E-state index in [9.17, 15) is 90.6 Å². The molecule has 87 heavy (non-hydrogen) atoms. The molecule has 0 aliphatic carbocycles. The summed E-state index contributed by atoms with van der Waals surface area (Å²) in [6.07, 6.45) is 7.21. The van der Waals surface area contributed by atoms with Crippen LogP contribution in [0.2, 0.25) is 0 Å². The van der Waals surface area contributed by atoms with E-state index in [4.69, 9.17) is 10.2 Å². The summed E-state index contributed by atoms with van der Waals surface area (Å²) in [6, 6.07) is 4.91. The van der Waals surface area contributed by atoms with Crippen molar-refractivity contribution in [2.24, 2.45) is 0 Å². The van der Waals surface area contributed by atoms with Crippen LogP contribution in [0.15, 0.2) is 104 Å². The van der Waals surface area contributed by atoms with E-state index in [1.807, 2.05) is 30.2 Å². The van der Waals surface area contributed by atoms with Crippen molar-refractivity contribution in [3.63, 3.8) is 0 Å². The molecule has 2 heterocycles. The maximum Gasteiger partial charge on any atom is 0.325 e. The number of fused-ring (bicyclic) bond motifs is 6. The number of amides is 4. The minimum absolute atomic E-state index is 0.00962. The van der Waals surface area contributed by atoms with Crippen LogP contribution in [0.5, 0.6) is 0 Å². The summed E-state index contributed by atoms with van der Waals surface area (Å²) in [7, 11) is -20.1. The molecule has 4 aromatic carbocycles. The molecule has 0 aromatic heterocycles. The molecule has 0 unspecified atom stereocenters. The number of carboxylic acids is 3. The first-order chi connectivity index (χ1) is 40.2. The molecule has 0 fully saturated rings. The molecule has 4 amide bonds. The van der Waals surface area contributed by atoms with Gasteiger partial charge in [0, 0.05) is 71.1 Å². The Labute approximate surface area is 500 Å². The third-order valence-electron chi connectivity index (χ3n) is 14.8. The maximum absolute atomic E-state index is 13.2. The summed E-state index contributed by atoms with van der Waals surface area (Å²) < 4.78 is 143. The van der Waals surface area contributed by atoms with Crippen LogP contribution in [0.1, 0.15) is 97.6 Å². The normalized spacial score (nSPS) is 16.4. The Morgan fingerprint density at radius 1 is 0.609 bits per heavy atom. The van der Waals surface area contributed by atoms with Crippen molar-refractivity contribution in [3.8, 4) is 0 Å². The van der Waals surface area contributed by atoms with Gasteiger partial charge in [0.05, 0.1) is 28.2 Å². The zero-order chi connectivity index (χ0) is 65.1. The van der Waals surface area contributed by atoms with Crippen LogP contribution in [-0.4, -0.2) is 157 Å². The number of anilines is 1. The number of nitrogens with zero attached hydrogens (tertiary/aromatic N) is 2. The number of likely N-dealkylation sites (N-methyl/N-ethyl adjacent to an activating group) is 1. The maximum atomic E-state index is 13.2. The fourth-order valence-corrected chi connectivity index (χ4v) is 13.5. The van der Waals surface area contributed by atoms with Crippen LogP contribution < -0.4 is 26.2 Å². The van der Waals surface area contributed by atoms with Gasteiger partial charge in [-0.15, -0.1) is 0 Å². The molecular weight excluding hydrogens is 1220 g/mol. The van der Waals surface area contributed by atoms with Crippen molar-refractivity contribution in [2.75, 3.05) is 24.5 Å². The average Bonchev–Trinajstić information content (AvgIpc) is 1.63. The van der Waals surface area contributed by atoms with Crippen molar-refractivity contribution >= 4 is 121 Å². The lowest BCUT2D eigenvalue weighted by Crippen LogP contribution is -2.54. The largest absolute Gasteiger partial charge is 0.481 e. The van der Waals surface area contributed by atoms with Crippen molar-refractivity contribution < 1.29 is 105 Å². The van der Waals surface area contributed by atoms with Gasteiger partial charge in [-0.3, -0.25) is 51.8 Å². The number of allylic oxidation sites excluding steroid dienone is 6. The quantitative estimate of drug-likeness (QED) is 0.0175. The van der Waals surface area contributed by atoms with Crippen LogP contribution in [0.3, 0.4) is 0 Å². The molecule has 0 saturated carbocycles. The van der Waals surface area contributed by atoms with Crippen LogP contribution in [-0.2, 0) is 84.9 Å². The van der Waals surface area contributed by atoms with Gasteiger partial charge in [-0.25, -0.2) is 0 Å². The van der Waals surface area contributed by atoms with E-state index in [0.717, 1.165) is 19.1 Å². The SMILES string of the molecule is CCN1/C(=C/C=C/C=C/C2=[N+](CCCCCC(=O)N[C@@H](CC(=O)O)C(=O)NCC(=O)N[C@@H](CCC(=O)O)C(=O)N[C@@H](C)C(=O)O)c3ccc4c(S(=O)(=O)O)cc(S(=O)(=O)O)cc4c3C2(C)C)C(C)(C)c2c1ccc1c(S(=O)(=O)O)cc(S(=O)(=O)O)cc21. The van der Waals surface area contributed by atoms with Crippen LogP contribution >= 0.6 is 0 Å². The van der Waals surface area contributed by atoms with Gasteiger partial charge >= 0.3 is 17.9 Å². The molecule has 2 aliphatic rings. The summed E-state index contributed by atoms with van der Waals surface area (Å²) in [5, 5.41) is 36.7. The summed E-state index contributed by atoms with van der Waals surface area (Å²) in [6.45, 7) is 9.89. The number of benzene rings is 4. The summed E-state index contributed by atoms with van der Waals surface area (Å²) >= 11 is 0. The van der Waals surface area contributed by atoms with Crippen molar-refractivity contribution in [1.82, 2.24) is 21.3 Å². The number of carboxylic acid groups (broad SMARTS) is 3. The molecule has 4 aromatic rings. The van der Waals surface area contributed by atoms with E-state index in [1.165, 1.54) is 12.1 Å². The minimum Gasteiger partial charge on any atom is -0.481 e. The monoisotopic (exact) mass is 1290 g/mol. The molecule has 0 spiro atoms. The highest BCUT2D eigenvalue weighted by Crippen LogP contribution is 2.52. The number of unbranched alkanes of at least 4 members (excludes halogenated alkanes) is 2. The average molecular weight is 1290 g/mol. The van der Waals surface area contributed by atoms with Crippen molar-refractivity contribution in [1.29, 1.82) is 0 Å². The Balaban J connectivity index is 1.25. The van der Waals surface area contributed by atoms with Gasteiger partial charge in [0.1, 0.15) is 34.5 Å². The second-order valence-electron chi connectivity index (χ2n) is 21.5. The first kappa shape index (κ1) is 68.1. The molecule has 28 nitrogen and oxygen atoms in total. The fourth-order valence-electron chi connectivity index (χ4n) is 10.8. The molecule has 32 heteroatoms. The zero-order valence-corrected chi connectivity index (χ0v) is 50.9. The van der Waals surface area contributed by atoms with Gasteiger partial charge < -0.3 is 41.5 Å². The number of hydrogen-bond donors (Lipinski definition) is 11. The number of aliphatic carboxylic acids is 3. The van der Waals surface area contributed by atoms with Gasteiger partial charge in [0.2, 0.25) is 29.3 Å². The highest BCUT2D eigenvalue weighted by Gasteiger charge is 2.47. The molecule has 0 radical (unpaired) electrons. The smallest absolute Gasteiger partial charge is 0.325 e. The molecule has 6 rings (SSSR count). The standard InChI is InChI=1S/C55H64N6O22S4/c1-7-60-39-20-17-33-35(24-31(84(72,73)74)26-41(33)86(78,79)80)49(39)54(3,4)43(60)14-10-8-11-15-44-55(5,6)50-36-25-32(85(75,76)77)27-42(87(81,82)83)34(36)18-21-40(50)61(44)23-13-9-12-16-45(62)59-38(28-48(66)67)51(68)56-29-46(63)58-37(19-22-47(64)65)52(69)57-30(2)53(70)71/h8,10-11,14-15,17-18,20-21,24-27,30,37-38H,7,9,12-13,16,19,22-23,28-29H2,1-6H3,(H10-,56,57,58,59,62,63,64,65,66,67,68,69,70,71,72,73,74,75,76,77,78,79,80,81,82,83)/p+1/t30-,37-,38-/m0/s1. The summed E-state index contributed by atoms with van der Waals surface area (Å²) in [5.74, 6) is -8.17. The topological polar surface area (TPSA) is 452 Å². The lowest BCUT2D eigenvalue weighted by atomic mass is 9.79. The van der Waals surface area contributed by atoms with Crippen molar-refractivity contribution in [3.05, 3.63) is 95.7 Å². The van der Waals surface area contributed by atoms with E-state index in [1.54, 1.807) is 56.4 Å².